The summed E-state index contributed by atoms with van der Waals surface area (Å²) in [7, 11) is -4.61. The number of unbranched alkanes of at least 4 members (excludes halogenated alkanes) is 34. The van der Waals surface area contributed by atoms with Gasteiger partial charge in [0.2, 0.25) is 0 Å². The third-order valence-electron chi connectivity index (χ3n) is 11.1. The fourth-order valence-electron chi connectivity index (χ4n) is 7.31. The van der Waals surface area contributed by atoms with Crippen LogP contribution in [-0.2, 0) is 32.7 Å². The minimum Gasteiger partial charge on any atom is -0.480 e. The fourth-order valence-corrected chi connectivity index (χ4v) is 8.09. The van der Waals surface area contributed by atoms with Gasteiger partial charge in [-0.3, -0.25) is 18.6 Å². The van der Waals surface area contributed by atoms with E-state index in [4.69, 9.17) is 29.4 Å². The Balaban J connectivity index is 4.11. The summed E-state index contributed by atoms with van der Waals surface area (Å²) in [6.45, 7) is 3.95. The average Bonchev–Trinajstić information content (AvgIpc) is 3.20. The SMILES string of the molecule is CCCCCCCCCCCCCCCCCCCCOC[C@H](COP(=O)(O)OC[C@H](N)C(=O)O)OC(=O)CCCCCCCCCCCCCCCCCCCC. The third kappa shape index (κ3) is 43.1. The molecule has 3 atom stereocenters. The highest BCUT2D eigenvalue weighted by Gasteiger charge is 2.27. The van der Waals surface area contributed by atoms with Crippen LogP contribution >= 0.6 is 7.82 Å². The summed E-state index contributed by atoms with van der Waals surface area (Å²) in [5.74, 6) is -1.76. The van der Waals surface area contributed by atoms with Crippen molar-refractivity contribution in [2.24, 2.45) is 5.73 Å². The van der Waals surface area contributed by atoms with Crippen LogP contribution in [0, 0.1) is 0 Å². The molecule has 0 rings (SSSR count). The van der Waals surface area contributed by atoms with Crippen LogP contribution < -0.4 is 5.73 Å². The molecule has 4 N–H and O–H groups in total. The van der Waals surface area contributed by atoms with Crippen LogP contribution in [0.2, 0.25) is 0 Å². The number of carbonyl (C=O) groups is 2. The van der Waals surface area contributed by atoms with E-state index in [0.717, 1.165) is 38.5 Å². The molecule has 10 nitrogen and oxygen atoms in total. The van der Waals surface area contributed by atoms with Crippen molar-refractivity contribution < 1.29 is 42.7 Å². The number of rotatable bonds is 48. The van der Waals surface area contributed by atoms with Crippen molar-refractivity contribution in [1.29, 1.82) is 0 Å². The second-order valence-electron chi connectivity index (χ2n) is 17.0. The Bertz CT molecular complexity index is 940. The van der Waals surface area contributed by atoms with Gasteiger partial charge < -0.3 is 25.2 Å². The number of carbonyl (C=O) groups excluding carboxylic acids is 1. The maximum atomic E-state index is 12.7. The van der Waals surface area contributed by atoms with Crippen LogP contribution in [0.1, 0.15) is 251 Å². The predicted molar refractivity (Wildman–Crippen MR) is 240 cm³/mol. The van der Waals surface area contributed by atoms with Gasteiger partial charge in [0.15, 0.2) is 0 Å². The molecule has 0 spiro atoms. The van der Waals surface area contributed by atoms with E-state index in [2.05, 4.69) is 13.8 Å². The first-order valence-electron chi connectivity index (χ1n) is 24.6. The quantitative estimate of drug-likeness (QED) is 0.0306. The van der Waals surface area contributed by atoms with Crippen molar-refractivity contribution >= 4 is 19.8 Å². The van der Waals surface area contributed by atoms with Crippen LogP contribution in [0.15, 0.2) is 0 Å². The van der Waals surface area contributed by atoms with Gasteiger partial charge in [-0.1, -0.05) is 232 Å². The predicted octanol–water partition coefficient (Wildman–Crippen LogP) is 13.9. The maximum Gasteiger partial charge on any atom is 0.472 e. The van der Waals surface area contributed by atoms with Crippen molar-refractivity contribution in [2.45, 2.75) is 264 Å². The van der Waals surface area contributed by atoms with Gasteiger partial charge in [-0.25, -0.2) is 4.57 Å². The minimum absolute atomic E-state index is 0.0263. The zero-order valence-corrected chi connectivity index (χ0v) is 38.8. The molecule has 0 amide bonds. The Morgan fingerprint density at radius 1 is 0.483 bits per heavy atom. The van der Waals surface area contributed by atoms with Gasteiger partial charge in [0.1, 0.15) is 12.1 Å². The van der Waals surface area contributed by atoms with E-state index in [1.807, 2.05) is 0 Å². The first-order valence-corrected chi connectivity index (χ1v) is 26.1. The summed E-state index contributed by atoms with van der Waals surface area (Å²) < 4.78 is 33.5. The van der Waals surface area contributed by atoms with E-state index in [-0.39, 0.29) is 13.0 Å². The molecule has 0 aliphatic carbocycles. The molecule has 0 radical (unpaired) electrons. The Hall–Kier alpha value is -1.03. The summed E-state index contributed by atoms with van der Waals surface area (Å²) in [4.78, 5) is 33.6. The number of esters is 1. The standard InChI is InChI=1S/C47H94NO9P/c1-3-5-7-9-11-13-15-17-19-21-23-25-27-29-31-33-35-37-39-46(49)57-44(42-55-58(52,53)56-43-45(48)47(50)51)41-54-40-38-36-34-32-30-28-26-24-22-20-18-16-14-12-10-8-6-4-2/h44-45H,3-43,48H2,1-2H3,(H,50,51)(H,52,53)/t44-,45+/m1/s1. The highest BCUT2D eigenvalue weighted by atomic mass is 31.2. The van der Waals surface area contributed by atoms with Crippen molar-refractivity contribution in [3.8, 4) is 0 Å². The topological polar surface area (TPSA) is 155 Å². The van der Waals surface area contributed by atoms with Gasteiger partial charge >= 0.3 is 19.8 Å². The number of aliphatic carboxylic acids is 1. The number of ether oxygens (including phenoxy) is 2. The van der Waals surface area contributed by atoms with Crippen LogP contribution in [0.3, 0.4) is 0 Å². The molecule has 0 fully saturated rings. The zero-order valence-electron chi connectivity index (χ0n) is 37.9. The van der Waals surface area contributed by atoms with Crippen molar-refractivity contribution in [2.75, 3.05) is 26.4 Å². The molecule has 346 valence electrons. The largest absolute Gasteiger partial charge is 0.480 e. The number of hydrogen-bond acceptors (Lipinski definition) is 8. The van der Waals surface area contributed by atoms with Crippen molar-refractivity contribution in [3.63, 3.8) is 0 Å². The Morgan fingerprint density at radius 2 is 0.793 bits per heavy atom. The number of nitrogens with two attached hydrogens (primary N) is 1. The Labute approximate surface area is 357 Å². The van der Waals surface area contributed by atoms with E-state index in [0.29, 0.717) is 6.61 Å². The molecule has 58 heavy (non-hydrogen) atoms. The Kier molecular flexibility index (Phi) is 43.3. The molecule has 0 bridgehead atoms. The van der Waals surface area contributed by atoms with E-state index in [1.165, 1.54) is 193 Å². The highest BCUT2D eigenvalue weighted by Crippen LogP contribution is 2.43. The molecule has 0 heterocycles. The normalized spacial score (nSPS) is 13.7. The Morgan fingerprint density at radius 3 is 1.14 bits per heavy atom. The van der Waals surface area contributed by atoms with Gasteiger partial charge in [-0.05, 0) is 12.8 Å². The number of hydrogen-bond donors (Lipinski definition) is 3. The van der Waals surface area contributed by atoms with E-state index >= 15 is 0 Å². The van der Waals surface area contributed by atoms with E-state index in [9.17, 15) is 19.0 Å². The molecule has 0 saturated carbocycles. The second-order valence-corrected chi connectivity index (χ2v) is 18.4. The number of carboxylic acid groups (broad SMARTS) is 1. The van der Waals surface area contributed by atoms with Crippen LogP contribution in [-0.4, -0.2) is 60.5 Å². The highest BCUT2D eigenvalue weighted by molar-refractivity contribution is 7.47. The van der Waals surface area contributed by atoms with Gasteiger partial charge in [0.25, 0.3) is 0 Å². The first-order chi connectivity index (χ1) is 28.2. The van der Waals surface area contributed by atoms with Crippen LogP contribution in [0.5, 0.6) is 0 Å². The second kappa shape index (κ2) is 44.0. The lowest BCUT2D eigenvalue weighted by molar-refractivity contribution is -0.154. The van der Waals surface area contributed by atoms with Gasteiger partial charge in [-0.2, -0.15) is 0 Å². The summed E-state index contributed by atoms with van der Waals surface area (Å²) in [5.41, 5.74) is 5.37. The number of carboxylic acids is 1. The summed E-state index contributed by atoms with van der Waals surface area (Å²) >= 11 is 0. The molecule has 0 aromatic heterocycles. The van der Waals surface area contributed by atoms with Crippen LogP contribution in [0.4, 0.5) is 0 Å². The minimum atomic E-state index is -4.61. The smallest absolute Gasteiger partial charge is 0.472 e. The number of phosphoric acid groups is 1. The number of phosphoric ester groups is 1. The lowest BCUT2D eigenvalue weighted by Crippen LogP contribution is -2.34. The monoisotopic (exact) mass is 848 g/mol. The lowest BCUT2D eigenvalue weighted by atomic mass is 10.0. The first kappa shape index (κ1) is 57.0. The van der Waals surface area contributed by atoms with Crippen LogP contribution in [0.25, 0.3) is 0 Å². The molecule has 11 heteroatoms. The maximum absolute atomic E-state index is 12.7. The van der Waals surface area contributed by atoms with E-state index in [1.54, 1.807) is 0 Å². The third-order valence-corrected chi connectivity index (χ3v) is 12.1. The molecule has 1 unspecified atom stereocenters. The van der Waals surface area contributed by atoms with Gasteiger partial charge in [0, 0.05) is 13.0 Å². The summed E-state index contributed by atoms with van der Waals surface area (Å²) in [6.07, 6.45) is 45.8. The van der Waals surface area contributed by atoms with E-state index < -0.39 is 45.1 Å². The van der Waals surface area contributed by atoms with Gasteiger partial charge in [0.05, 0.1) is 19.8 Å². The van der Waals surface area contributed by atoms with Gasteiger partial charge in [-0.15, -0.1) is 0 Å². The molecule has 0 aromatic rings. The van der Waals surface area contributed by atoms with Crippen molar-refractivity contribution in [1.82, 2.24) is 0 Å². The van der Waals surface area contributed by atoms with Crippen molar-refractivity contribution in [3.05, 3.63) is 0 Å². The molecule has 0 saturated heterocycles. The fraction of sp³-hybridized carbons (Fsp3) is 0.957. The molecular formula is C47H94NO9P. The molecular weight excluding hydrogens is 753 g/mol. The molecule has 0 aromatic carbocycles. The molecule has 0 aliphatic heterocycles. The average molecular weight is 848 g/mol. The molecule has 0 aliphatic rings. The summed E-state index contributed by atoms with van der Waals surface area (Å²) in [5, 5.41) is 8.91. The lowest BCUT2D eigenvalue weighted by Gasteiger charge is -2.20. The summed E-state index contributed by atoms with van der Waals surface area (Å²) in [6, 6.07) is -1.47. The zero-order chi connectivity index (χ0) is 42.6.